The number of hydrogen-bond acceptors (Lipinski definition) is 4. The number of sulfonamides is 1. The van der Waals surface area contributed by atoms with Crippen molar-refractivity contribution >= 4 is 32.7 Å². The molecule has 0 bridgehead atoms. The predicted octanol–water partition coefficient (Wildman–Crippen LogP) is 3.99. The van der Waals surface area contributed by atoms with Gasteiger partial charge in [0, 0.05) is 10.6 Å². The van der Waals surface area contributed by atoms with Gasteiger partial charge < -0.3 is 5.32 Å². The van der Waals surface area contributed by atoms with Crippen LogP contribution < -0.4 is 10.0 Å². The molecule has 1 heterocycles. The van der Waals surface area contributed by atoms with E-state index in [1.807, 2.05) is 19.1 Å². The molecule has 1 aromatic carbocycles. The van der Waals surface area contributed by atoms with E-state index in [0.717, 1.165) is 23.9 Å². The average molecular weight is 324 g/mol. The highest BCUT2D eigenvalue weighted by Gasteiger charge is 2.11. The fourth-order valence-corrected chi connectivity index (χ4v) is 3.62. The molecule has 2 N–H and O–H groups in total. The van der Waals surface area contributed by atoms with Crippen LogP contribution in [-0.2, 0) is 10.0 Å². The summed E-state index contributed by atoms with van der Waals surface area (Å²) < 4.78 is 25.1. The minimum Gasteiger partial charge on any atom is -0.377 e. The maximum absolute atomic E-state index is 11.3. The molecule has 1 unspecified atom stereocenters. The van der Waals surface area contributed by atoms with Crippen molar-refractivity contribution in [2.24, 2.45) is 0 Å². The zero-order chi connectivity index (χ0) is 15.5. The van der Waals surface area contributed by atoms with E-state index in [0.29, 0.717) is 5.69 Å². The first-order chi connectivity index (χ1) is 9.89. The lowest BCUT2D eigenvalue weighted by molar-refractivity contribution is 0.607. The molecule has 0 saturated heterocycles. The quantitative estimate of drug-likeness (QED) is 0.844. The Morgan fingerprint density at radius 3 is 2.57 bits per heavy atom. The van der Waals surface area contributed by atoms with Crippen LogP contribution in [0.5, 0.6) is 0 Å². The van der Waals surface area contributed by atoms with Crippen molar-refractivity contribution in [3.05, 3.63) is 46.2 Å². The summed E-state index contributed by atoms with van der Waals surface area (Å²) >= 11 is 1.74. The van der Waals surface area contributed by atoms with Crippen LogP contribution in [0.25, 0.3) is 0 Å². The number of benzene rings is 1. The number of anilines is 2. The lowest BCUT2D eigenvalue weighted by Gasteiger charge is -2.18. The molecule has 0 radical (unpaired) electrons. The van der Waals surface area contributed by atoms with Gasteiger partial charge in [0.1, 0.15) is 0 Å². The van der Waals surface area contributed by atoms with Gasteiger partial charge in [0.2, 0.25) is 10.0 Å². The summed E-state index contributed by atoms with van der Waals surface area (Å²) in [6, 6.07) is 10.1. The van der Waals surface area contributed by atoms with E-state index in [-0.39, 0.29) is 6.04 Å². The highest BCUT2D eigenvalue weighted by molar-refractivity contribution is 7.92. The lowest BCUT2D eigenvalue weighted by atomic mass is 10.1. The van der Waals surface area contributed by atoms with Crippen molar-refractivity contribution in [1.29, 1.82) is 0 Å². The molecular formula is C15H20N2O2S2. The molecule has 6 heteroatoms. The number of thiophene rings is 1. The Balaban J connectivity index is 2.16. The third-order valence-corrected chi connectivity index (χ3v) is 4.73. The monoisotopic (exact) mass is 324 g/mol. The van der Waals surface area contributed by atoms with Gasteiger partial charge in [-0.3, -0.25) is 4.72 Å². The summed E-state index contributed by atoms with van der Waals surface area (Å²) in [6.07, 6.45) is 2.14. The predicted molar refractivity (Wildman–Crippen MR) is 90.6 cm³/mol. The van der Waals surface area contributed by atoms with Crippen LogP contribution in [0.2, 0.25) is 0 Å². The molecular weight excluding hydrogens is 304 g/mol. The van der Waals surface area contributed by atoms with Crippen molar-refractivity contribution in [2.45, 2.75) is 26.3 Å². The van der Waals surface area contributed by atoms with E-state index in [9.17, 15) is 8.42 Å². The second kappa shape index (κ2) is 6.49. The molecule has 0 amide bonds. The molecule has 0 fully saturated rings. The fraction of sp³-hybridized carbons (Fsp3) is 0.333. The van der Waals surface area contributed by atoms with Crippen LogP contribution in [0.15, 0.2) is 35.7 Å². The number of rotatable bonds is 6. The molecule has 114 valence electrons. The Morgan fingerprint density at radius 1 is 1.29 bits per heavy atom. The first kappa shape index (κ1) is 15.9. The van der Waals surface area contributed by atoms with E-state index in [2.05, 4.69) is 34.5 Å². The first-order valence-electron chi connectivity index (χ1n) is 6.77. The molecule has 0 aliphatic rings. The minimum absolute atomic E-state index is 0.276. The second-order valence-corrected chi connectivity index (χ2v) is 7.75. The highest BCUT2D eigenvalue weighted by atomic mass is 32.2. The van der Waals surface area contributed by atoms with Gasteiger partial charge in [-0.05, 0) is 48.6 Å². The fourth-order valence-electron chi connectivity index (χ4n) is 2.13. The lowest BCUT2D eigenvalue weighted by Crippen LogP contribution is -2.11. The number of aryl methyl sites for hydroxylation is 1. The van der Waals surface area contributed by atoms with Gasteiger partial charge in [-0.15, -0.1) is 11.3 Å². The third kappa shape index (κ3) is 4.47. The third-order valence-electron chi connectivity index (χ3n) is 3.16. The van der Waals surface area contributed by atoms with Crippen LogP contribution in [0, 0.1) is 6.92 Å². The molecule has 1 aromatic heterocycles. The molecule has 4 nitrogen and oxygen atoms in total. The van der Waals surface area contributed by atoms with Crippen molar-refractivity contribution in [3.63, 3.8) is 0 Å². The standard InChI is InChI=1S/C15H20N2O2S2/c1-4-13(15-6-5-9-20-15)16-12-7-8-14(11(2)10-12)17-21(3,18)19/h5-10,13,16-17H,4H2,1-3H3. The van der Waals surface area contributed by atoms with Gasteiger partial charge in [0.15, 0.2) is 0 Å². The average Bonchev–Trinajstić information content (AvgIpc) is 2.91. The molecule has 0 saturated carbocycles. The number of hydrogen-bond donors (Lipinski definition) is 2. The van der Waals surface area contributed by atoms with Crippen molar-refractivity contribution in [3.8, 4) is 0 Å². The van der Waals surface area contributed by atoms with Crippen LogP contribution in [0.4, 0.5) is 11.4 Å². The topological polar surface area (TPSA) is 58.2 Å². The van der Waals surface area contributed by atoms with E-state index < -0.39 is 10.0 Å². The van der Waals surface area contributed by atoms with Crippen molar-refractivity contribution in [2.75, 3.05) is 16.3 Å². The van der Waals surface area contributed by atoms with Crippen LogP contribution in [0.3, 0.4) is 0 Å². The van der Waals surface area contributed by atoms with Crippen LogP contribution in [-0.4, -0.2) is 14.7 Å². The summed E-state index contributed by atoms with van der Waals surface area (Å²) in [5.41, 5.74) is 2.51. The summed E-state index contributed by atoms with van der Waals surface area (Å²) in [5.74, 6) is 0. The summed E-state index contributed by atoms with van der Waals surface area (Å²) in [4.78, 5) is 1.30. The Hall–Kier alpha value is -1.53. The Labute approximate surface area is 130 Å². The van der Waals surface area contributed by atoms with Crippen LogP contribution >= 0.6 is 11.3 Å². The Morgan fingerprint density at radius 2 is 2.05 bits per heavy atom. The zero-order valence-corrected chi connectivity index (χ0v) is 14.0. The van der Waals surface area contributed by atoms with Crippen molar-refractivity contribution in [1.82, 2.24) is 0 Å². The summed E-state index contributed by atoms with van der Waals surface area (Å²) in [6.45, 7) is 4.04. The van der Waals surface area contributed by atoms with E-state index in [1.54, 1.807) is 17.4 Å². The first-order valence-corrected chi connectivity index (χ1v) is 9.54. The van der Waals surface area contributed by atoms with Gasteiger partial charge in [-0.25, -0.2) is 8.42 Å². The molecule has 0 aliphatic carbocycles. The Kier molecular flexibility index (Phi) is 4.90. The molecule has 21 heavy (non-hydrogen) atoms. The van der Waals surface area contributed by atoms with E-state index >= 15 is 0 Å². The maximum Gasteiger partial charge on any atom is 0.229 e. The normalized spacial score (nSPS) is 12.9. The Bertz CT molecular complexity index is 694. The molecule has 2 aromatic rings. The number of nitrogens with one attached hydrogen (secondary N) is 2. The molecule has 1 atom stereocenters. The molecule has 2 rings (SSSR count). The zero-order valence-electron chi connectivity index (χ0n) is 12.4. The summed E-state index contributed by atoms with van der Waals surface area (Å²) in [7, 11) is -3.24. The second-order valence-electron chi connectivity index (χ2n) is 5.02. The van der Waals surface area contributed by atoms with Crippen molar-refractivity contribution < 1.29 is 8.42 Å². The van der Waals surface area contributed by atoms with E-state index in [4.69, 9.17) is 0 Å². The largest absolute Gasteiger partial charge is 0.377 e. The van der Waals surface area contributed by atoms with Gasteiger partial charge in [0.25, 0.3) is 0 Å². The maximum atomic E-state index is 11.3. The van der Waals surface area contributed by atoms with E-state index in [1.165, 1.54) is 4.88 Å². The molecule has 0 spiro atoms. The van der Waals surface area contributed by atoms with Gasteiger partial charge in [-0.2, -0.15) is 0 Å². The smallest absolute Gasteiger partial charge is 0.229 e. The van der Waals surface area contributed by atoms with Gasteiger partial charge in [-0.1, -0.05) is 13.0 Å². The highest BCUT2D eigenvalue weighted by Crippen LogP contribution is 2.28. The SMILES string of the molecule is CCC(Nc1ccc(NS(C)(=O)=O)c(C)c1)c1cccs1. The van der Waals surface area contributed by atoms with Gasteiger partial charge in [0.05, 0.1) is 18.0 Å². The minimum atomic E-state index is -3.24. The van der Waals surface area contributed by atoms with Gasteiger partial charge >= 0.3 is 0 Å². The summed E-state index contributed by atoms with van der Waals surface area (Å²) in [5, 5.41) is 5.57. The molecule has 0 aliphatic heterocycles. The van der Waals surface area contributed by atoms with Crippen LogP contribution in [0.1, 0.15) is 29.8 Å².